The van der Waals surface area contributed by atoms with Crippen LogP contribution in [-0.4, -0.2) is 29.9 Å². The first-order chi connectivity index (χ1) is 6.29. The molecule has 1 aliphatic rings. The second-order valence-electron chi connectivity index (χ2n) is 3.53. The molecular weight excluding hydrogens is 166 g/mol. The van der Waals surface area contributed by atoms with Crippen LogP contribution in [0.3, 0.4) is 0 Å². The zero-order chi connectivity index (χ0) is 9.68. The summed E-state index contributed by atoms with van der Waals surface area (Å²) in [7, 11) is 0. The van der Waals surface area contributed by atoms with Crippen LogP contribution in [0.5, 0.6) is 0 Å². The lowest BCUT2D eigenvalue weighted by molar-refractivity contribution is -0.127. The molecule has 1 unspecified atom stereocenters. The Morgan fingerprint density at radius 1 is 1.46 bits per heavy atom. The van der Waals surface area contributed by atoms with E-state index >= 15 is 0 Å². The van der Waals surface area contributed by atoms with Gasteiger partial charge in [0.2, 0.25) is 0 Å². The molecule has 13 heavy (non-hydrogen) atoms. The lowest BCUT2D eigenvalue weighted by Crippen LogP contribution is -2.50. The van der Waals surface area contributed by atoms with Crippen molar-refractivity contribution in [2.45, 2.75) is 38.6 Å². The molecule has 0 aromatic carbocycles. The molecule has 1 aliphatic heterocycles. The average Bonchev–Trinajstić information content (AvgIpc) is 2.20. The fourth-order valence-corrected chi connectivity index (χ4v) is 1.94. The van der Waals surface area contributed by atoms with Crippen molar-refractivity contribution >= 4 is 5.91 Å². The van der Waals surface area contributed by atoms with Crippen molar-refractivity contribution in [1.29, 1.82) is 0 Å². The van der Waals surface area contributed by atoms with E-state index in [0.717, 1.165) is 19.5 Å². The van der Waals surface area contributed by atoms with E-state index in [2.05, 4.69) is 10.3 Å². The van der Waals surface area contributed by atoms with Gasteiger partial charge in [-0.1, -0.05) is 13.3 Å². The molecule has 0 spiro atoms. The Balaban J connectivity index is 2.48. The lowest BCUT2D eigenvalue weighted by atomic mass is 10.1. The number of hydrogen-bond acceptors (Lipinski definition) is 3. The van der Waals surface area contributed by atoms with Crippen molar-refractivity contribution in [3.63, 3.8) is 0 Å². The van der Waals surface area contributed by atoms with Gasteiger partial charge in [-0.25, -0.2) is 5.84 Å². The zero-order valence-electron chi connectivity index (χ0n) is 8.25. The van der Waals surface area contributed by atoms with Crippen LogP contribution in [0.15, 0.2) is 0 Å². The number of nitrogens with zero attached hydrogens (tertiary/aromatic N) is 1. The van der Waals surface area contributed by atoms with Crippen LogP contribution in [0.25, 0.3) is 0 Å². The summed E-state index contributed by atoms with van der Waals surface area (Å²) in [6, 6.07) is -0.0229. The number of nitrogens with two attached hydrogens (primary N) is 1. The number of piperidine rings is 1. The number of carbonyl (C=O) groups is 1. The number of rotatable bonds is 3. The third-order valence-electron chi connectivity index (χ3n) is 2.66. The summed E-state index contributed by atoms with van der Waals surface area (Å²) in [5.74, 6) is 5.08. The van der Waals surface area contributed by atoms with Crippen molar-refractivity contribution in [1.82, 2.24) is 10.3 Å². The maximum absolute atomic E-state index is 11.4. The van der Waals surface area contributed by atoms with Gasteiger partial charge in [0.25, 0.3) is 5.91 Å². The molecule has 1 heterocycles. The number of carbonyl (C=O) groups excluding carboxylic acids is 1. The quantitative estimate of drug-likeness (QED) is 0.376. The van der Waals surface area contributed by atoms with Crippen LogP contribution in [0.1, 0.15) is 32.6 Å². The fourth-order valence-electron chi connectivity index (χ4n) is 1.94. The van der Waals surface area contributed by atoms with E-state index in [-0.39, 0.29) is 11.9 Å². The number of hydrogen-bond donors (Lipinski definition) is 2. The molecule has 3 N–H and O–H groups in total. The Morgan fingerprint density at radius 3 is 2.54 bits per heavy atom. The molecule has 76 valence electrons. The molecule has 0 radical (unpaired) electrons. The predicted octanol–water partition coefficient (Wildman–Crippen LogP) is 0.241. The van der Waals surface area contributed by atoms with E-state index in [9.17, 15) is 4.79 Å². The number of hydrazine groups is 1. The van der Waals surface area contributed by atoms with Gasteiger partial charge in [-0.15, -0.1) is 0 Å². The number of nitrogens with one attached hydrogen (secondary N) is 1. The zero-order valence-corrected chi connectivity index (χ0v) is 8.25. The topological polar surface area (TPSA) is 58.4 Å². The van der Waals surface area contributed by atoms with Gasteiger partial charge in [0.1, 0.15) is 0 Å². The van der Waals surface area contributed by atoms with Crippen LogP contribution in [0, 0.1) is 0 Å². The lowest BCUT2D eigenvalue weighted by Gasteiger charge is -2.32. The van der Waals surface area contributed by atoms with Crippen molar-refractivity contribution in [2.24, 2.45) is 5.84 Å². The molecule has 1 amide bonds. The maximum Gasteiger partial charge on any atom is 0.251 e. The van der Waals surface area contributed by atoms with E-state index < -0.39 is 0 Å². The molecule has 1 atom stereocenters. The predicted molar refractivity (Wildman–Crippen MR) is 51.8 cm³/mol. The summed E-state index contributed by atoms with van der Waals surface area (Å²) >= 11 is 0. The summed E-state index contributed by atoms with van der Waals surface area (Å²) in [5.41, 5.74) is 2.23. The largest absolute Gasteiger partial charge is 0.293 e. The normalized spacial score (nSPS) is 21.1. The highest BCUT2D eigenvalue weighted by atomic mass is 16.2. The Kier molecular flexibility index (Phi) is 4.18. The Morgan fingerprint density at radius 2 is 2.08 bits per heavy atom. The summed E-state index contributed by atoms with van der Waals surface area (Å²) in [5, 5.41) is 0. The number of amides is 1. The summed E-state index contributed by atoms with van der Waals surface area (Å²) in [6.45, 7) is 4.09. The maximum atomic E-state index is 11.4. The molecule has 0 aliphatic carbocycles. The molecule has 4 heteroatoms. The Hall–Kier alpha value is -0.610. The first-order valence-electron chi connectivity index (χ1n) is 5.04. The first kappa shape index (κ1) is 10.5. The van der Waals surface area contributed by atoms with Crippen molar-refractivity contribution in [3.05, 3.63) is 0 Å². The second-order valence-corrected chi connectivity index (χ2v) is 3.53. The van der Waals surface area contributed by atoms with Crippen LogP contribution >= 0.6 is 0 Å². The van der Waals surface area contributed by atoms with E-state index in [4.69, 9.17) is 5.84 Å². The minimum atomic E-state index is -0.0515. The Labute approximate surface area is 79.4 Å². The standard InChI is InChI=1S/C9H19N3O/c1-2-8(9(13)11-10)12-6-4-3-5-7-12/h8H,2-7,10H2,1H3,(H,11,13). The summed E-state index contributed by atoms with van der Waals surface area (Å²) < 4.78 is 0. The molecule has 0 aromatic heterocycles. The van der Waals surface area contributed by atoms with Crippen molar-refractivity contribution in [2.75, 3.05) is 13.1 Å². The SMILES string of the molecule is CCC(C(=O)NN)N1CCCCC1. The first-order valence-corrected chi connectivity index (χ1v) is 5.04. The van der Waals surface area contributed by atoms with Gasteiger partial charge in [-0.05, 0) is 32.4 Å². The van der Waals surface area contributed by atoms with Crippen LogP contribution in [-0.2, 0) is 4.79 Å². The van der Waals surface area contributed by atoms with Gasteiger partial charge in [-0.2, -0.15) is 0 Å². The van der Waals surface area contributed by atoms with Crippen LogP contribution in [0.2, 0.25) is 0 Å². The second kappa shape index (κ2) is 5.19. The third-order valence-corrected chi connectivity index (χ3v) is 2.66. The average molecular weight is 185 g/mol. The molecule has 0 bridgehead atoms. The molecule has 1 fully saturated rings. The van der Waals surface area contributed by atoms with Crippen molar-refractivity contribution in [3.8, 4) is 0 Å². The highest BCUT2D eigenvalue weighted by Gasteiger charge is 2.24. The number of likely N-dealkylation sites (tertiary alicyclic amines) is 1. The van der Waals surface area contributed by atoms with Gasteiger partial charge in [0.05, 0.1) is 6.04 Å². The van der Waals surface area contributed by atoms with E-state index in [1.165, 1.54) is 19.3 Å². The van der Waals surface area contributed by atoms with E-state index in [1.807, 2.05) is 6.92 Å². The van der Waals surface area contributed by atoms with Crippen LogP contribution in [0.4, 0.5) is 0 Å². The molecule has 4 nitrogen and oxygen atoms in total. The van der Waals surface area contributed by atoms with Crippen LogP contribution < -0.4 is 11.3 Å². The van der Waals surface area contributed by atoms with Gasteiger partial charge >= 0.3 is 0 Å². The minimum Gasteiger partial charge on any atom is -0.293 e. The van der Waals surface area contributed by atoms with Gasteiger partial charge in [0.15, 0.2) is 0 Å². The monoisotopic (exact) mass is 185 g/mol. The molecule has 0 aromatic rings. The third kappa shape index (κ3) is 2.67. The minimum absolute atomic E-state index is 0.0229. The molecule has 1 rings (SSSR count). The molecular formula is C9H19N3O. The van der Waals surface area contributed by atoms with Gasteiger partial charge in [-0.3, -0.25) is 15.1 Å². The highest BCUT2D eigenvalue weighted by Crippen LogP contribution is 2.13. The molecule has 0 saturated carbocycles. The summed E-state index contributed by atoms with van der Waals surface area (Å²) in [4.78, 5) is 13.6. The molecule has 1 saturated heterocycles. The van der Waals surface area contributed by atoms with Crippen molar-refractivity contribution < 1.29 is 4.79 Å². The van der Waals surface area contributed by atoms with E-state index in [0.29, 0.717) is 0 Å². The Bertz CT molecular complexity index is 166. The van der Waals surface area contributed by atoms with E-state index in [1.54, 1.807) is 0 Å². The summed E-state index contributed by atoms with van der Waals surface area (Å²) in [6.07, 6.45) is 4.53. The van der Waals surface area contributed by atoms with Gasteiger partial charge < -0.3 is 0 Å². The fraction of sp³-hybridized carbons (Fsp3) is 0.889. The highest BCUT2D eigenvalue weighted by molar-refractivity contribution is 5.81. The smallest absolute Gasteiger partial charge is 0.251 e. The van der Waals surface area contributed by atoms with Gasteiger partial charge in [0, 0.05) is 0 Å².